The first kappa shape index (κ1) is 11.5. The molecule has 0 spiro atoms. The first-order valence-electron chi connectivity index (χ1n) is 4.69. The van der Waals surface area contributed by atoms with Crippen molar-refractivity contribution in [2.24, 2.45) is 0 Å². The summed E-state index contributed by atoms with van der Waals surface area (Å²) in [5.74, 6) is 0.760. The molecular weight excluding hydrogens is 291 g/mol. The largest absolute Gasteiger partial charge is 0.497 e. The number of halogens is 2. The van der Waals surface area contributed by atoms with Crippen LogP contribution >= 0.6 is 27.5 Å². The molecule has 0 atom stereocenters. The molecule has 1 aromatic carbocycles. The van der Waals surface area contributed by atoms with E-state index in [9.17, 15) is 0 Å². The highest BCUT2D eigenvalue weighted by Gasteiger charge is 2.04. The van der Waals surface area contributed by atoms with Crippen LogP contribution in [0.3, 0.4) is 0 Å². The molecule has 16 heavy (non-hydrogen) atoms. The van der Waals surface area contributed by atoms with Crippen LogP contribution in [-0.2, 0) is 6.54 Å². The lowest BCUT2D eigenvalue weighted by atomic mass is 10.2. The Balaban J connectivity index is 2.21. The Morgan fingerprint density at radius 2 is 2.31 bits per heavy atom. The first-order valence-corrected chi connectivity index (χ1v) is 5.86. The van der Waals surface area contributed by atoms with E-state index in [1.54, 1.807) is 19.4 Å². The molecule has 1 aromatic heterocycles. The highest BCUT2D eigenvalue weighted by Crippen LogP contribution is 2.23. The van der Waals surface area contributed by atoms with Crippen molar-refractivity contribution in [2.45, 2.75) is 6.54 Å². The van der Waals surface area contributed by atoms with Crippen molar-refractivity contribution in [3.8, 4) is 5.75 Å². The van der Waals surface area contributed by atoms with Crippen molar-refractivity contribution in [1.29, 1.82) is 0 Å². The van der Waals surface area contributed by atoms with Crippen LogP contribution < -0.4 is 4.74 Å². The molecular formula is C11H10BrClN2O. The number of nitrogens with zero attached hydrogens (tertiary/aromatic N) is 2. The Kier molecular flexibility index (Phi) is 3.51. The number of hydrogen-bond donors (Lipinski definition) is 0. The third-order valence-electron chi connectivity index (χ3n) is 2.19. The molecule has 0 fully saturated rings. The highest BCUT2D eigenvalue weighted by molar-refractivity contribution is 9.10. The topological polar surface area (TPSA) is 27.1 Å². The van der Waals surface area contributed by atoms with Gasteiger partial charge < -0.3 is 4.74 Å². The predicted molar refractivity (Wildman–Crippen MR) is 67.0 cm³/mol. The average Bonchev–Trinajstić information content (AvgIpc) is 2.67. The van der Waals surface area contributed by atoms with E-state index in [1.807, 2.05) is 23.0 Å². The Morgan fingerprint density at radius 3 is 2.88 bits per heavy atom. The van der Waals surface area contributed by atoms with Gasteiger partial charge in [0.15, 0.2) is 0 Å². The van der Waals surface area contributed by atoms with Gasteiger partial charge in [-0.25, -0.2) is 0 Å². The van der Waals surface area contributed by atoms with E-state index < -0.39 is 0 Å². The Morgan fingerprint density at radius 1 is 1.50 bits per heavy atom. The van der Waals surface area contributed by atoms with Crippen LogP contribution in [0.1, 0.15) is 5.56 Å². The Hall–Kier alpha value is -1.00. The van der Waals surface area contributed by atoms with E-state index in [0.717, 1.165) is 15.8 Å². The molecule has 0 N–H and O–H groups in total. The zero-order chi connectivity index (χ0) is 11.5. The highest BCUT2D eigenvalue weighted by atomic mass is 79.9. The maximum Gasteiger partial charge on any atom is 0.120 e. The van der Waals surface area contributed by atoms with Crippen molar-refractivity contribution in [1.82, 2.24) is 9.78 Å². The second kappa shape index (κ2) is 4.89. The molecule has 0 aliphatic rings. The van der Waals surface area contributed by atoms with Crippen LogP contribution in [0, 0.1) is 0 Å². The van der Waals surface area contributed by atoms with Crippen molar-refractivity contribution in [3.63, 3.8) is 0 Å². The molecule has 0 bridgehead atoms. The maximum atomic E-state index is 6.13. The van der Waals surface area contributed by atoms with Crippen LogP contribution in [0.15, 0.2) is 35.1 Å². The van der Waals surface area contributed by atoms with Crippen LogP contribution in [0.4, 0.5) is 0 Å². The van der Waals surface area contributed by atoms with Crippen molar-refractivity contribution in [3.05, 3.63) is 45.7 Å². The molecule has 0 radical (unpaired) electrons. The molecule has 2 aromatic rings. The number of hydrogen-bond acceptors (Lipinski definition) is 2. The average molecular weight is 302 g/mol. The van der Waals surface area contributed by atoms with E-state index in [2.05, 4.69) is 21.0 Å². The van der Waals surface area contributed by atoms with Crippen LogP contribution in [0.5, 0.6) is 5.75 Å². The summed E-state index contributed by atoms with van der Waals surface area (Å²) < 4.78 is 7.86. The zero-order valence-corrected chi connectivity index (χ0v) is 11.0. The summed E-state index contributed by atoms with van der Waals surface area (Å²) in [5.41, 5.74) is 1.01. The standard InChI is InChI=1S/C11H10BrClN2O/c1-16-10-3-2-8(11(13)4-10)6-15-7-9(12)5-14-15/h2-5,7H,6H2,1H3. The minimum atomic E-state index is 0.647. The van der Waals surface area contributed by atoms with Gasteiger partial charge in [0, 0.05) is 11.2 Å². The van der Waals surface area contributed by atoms with E-state index in [4.69, 9.17) is 16.3 Å². The predicted octanol–water partition coefficient (Wildman–Crippen LogP) is 3.36. The summed E-state index contributed by atoms with van der Waals surface area (Å²) in [5, 5.41) is 4.86. The van der Waals surface area contributed by atoms with Gasteiger partial charge in [0.25, 0.3) is 0 Å². The van der Waals surface area contributed by atoms with Crippen molar-refractivity contribution >= 4 is 27.5 Å². The summed E-state index contributed by atoms with van der Waals surface area (Å²) in [6.45, 7) is 0.647. The van der Waals surface area contributed by atoms with Crippen molar-refractivity contribution in [2.75, 3.05) is 7.11 Å². The van der Waals surface area contributed by atoms with Gasteiger partial charge in [-0.15, -0.1) is 0 Å². The SMILES string of the molecule is COc1ccc(Cn2cc(Br)cn2)c(Cl)c1. The number of aromatic nitrogens is 2. The quantitative estimate of drug-likeness (QED) is 0.869. The normalized spacial score (nSPS) is 10.4. The molecule has 84 valence electrons. The van der Waals surface area contributed by atoms with Crippen molar-refractivity contribution < 1.29 is 4.74 Å². The molecule has 1 heterocycles. The molecule has 0 saturated heterocycles. The molecule has 0 saturated carbocycles. The third-order valence-corrected chi connectivity index (χ3v) is 2.96. The van der Waals surface area contributed by atoms with Gasteiger partial charge in [-0.1, -0.05) is 17.7 Å². The minimum absolute atomic E-state index is 0.647. The fraction of sp³-hybridized carbons (Fsp3) is 0.182. The molecule has 0 unspecified atom stereocenters. The molecule has 0 amide bonds. The molecule has 0 aliphatic heterocycles. The zero-order valence-electron chi connectivity index (χ0n) is 8.65. The maximum absolute atomic E-state index is 6.13. The number of benzene rings is 1. The van der Waals surface area contributed by atoms with Gasteiger partial charge in [-0.05, 0) is 33.6 Å². The van der Waals surface area contributed by atoms with Gasteiger partial charge in [0.05, 0.1) is 24.3 Å². The lowest BCUT2D eigenvalue weighted by Gasteiger charge is -2.06. The second-order valence-corrected chi connectivity index (χ2v) is 4.64. The fourth-order valence-corrected chi connectivity index (χ4v) is 1.94. The van der Waals surface area contributed by atoms with Crippen LogP contribution in [0.2, 0.25) is 5.02 Å². The first-order chi connectivity index (χ1) is 7.69. The summed E-state index contributed by atoms with van der Waals surface area (Å²) >= 11 is 9.48. The van der Waals surface area contributed by atoms with Gasteiger partial charge in [0.2, 0.25) is 0 Å². The molecule has 2 rings (SSSR count). The minimum Gasteiger partial charge on any atom is -0.497 e. The molecule has 5 heteroatoms. The summed E-state index contributed by atoms with van der Waals surface area (Å²) in [6.07, 6.45) is 3.65. The lowest BCUT2D eigenvalue weighted by molar-refractivity contribution is 0.414. The Bertz CT molecular complexity index is 498. The van der Waals surface area contributed by atoms with Gasteiger partial charge in [-0.3, -0.25) is 4.68 Å². The number of rotatable bonds is 3. The van der Waals surface area contributed by atoms with E-state index in [0.29, 0.717) is 11.6 Å². The van der Waals surface area contributed by atoms with E-state index >= 15 is 0 Å². The molecule has 0 aliphatic carbocycles. The summed E-state index contributed by atoms with van der Waals surface area (Å²) in [4.78, 5) is 0. The van der Waals surface area contributed by atoms with Gasteiger partial charge in [-0.2, -0.15) is 5.10 Å². The summed E-state index contributed by atoms with van der Waals surface area (Å²) in [6, 6.07) is 5.63. The lowest BCUT2D eigenvalue weighted by Crippen LogP contribution is -2.00. The van der Waals surface area contributed by atoms with Gasteiger partial charge >= 0.3 is 0 Å². The third kappa shape index (κ3) is 2.57. The monoisotopic (exact) mass is 300 g/mol. The molecule has 3 nitrogen and oxygen atoms in total. The summed E-state index contributed by atoms with van der Waals surface area (Å²) in [7, 11) is 1.62. The van der Waals surface area contributed by atoms with Crippen LogP contribution in [0.25, 0.3) is 0 Å². The number of ether oxygens (including phenoxy) is 1. The number of methoxy groups -OCH3 is 1. The fourth-order valence-electron chi connectivity index (χ4n) is 1.38. The van der Waals surface area contributed by atoms with E-state index in [-0.39, 0.29) is 0 Å². The smallest absolute Gasteiger partial charge is 0.120 e. The second-order valence-electron chi connectivity index (χ2n) is 3.31. The van der Waals surface area contributed by atoms with Gasteiger partial charge in [0.1, 0.15) is 5.75 Å². The van der Waals surface area contributed by atoms with E-state index in [1.165, 1.54) is 0 Å². The van der Waals surface area contributed by atoms with Crippen LogP contribution in [-0.4, -0.2) is 16.9 Å². The Labute approximate surface area is 107 Å².